The van der Waals surface area contributed by atoms with Crippen LogP contribution in [0.4, 0.5) is 0 Å². The minimum atomic E-state index is -1.50. The van der Waals surface area contributed by atoms with Gasteiger partial charge in [0.2, 0.25) is 23.6 Å². The van der Waals surface area contributed by atoms with Crippen LogP contribution in [0.25, 0.3) is 0 Å². The van der Waals surface area contributed by atoms with Crippen molar-refractivity contribution in [3.63, 3.8) is 0 Å². The van der Waals surface area contributed by atoms with Crippen LogP contribution in [0.1, 0.15) is 58.8 Å². The Hall–Kier alpha value is -3.99. The molecule has 17 heteroatoms. The van der Waals surface area contributed by atoms with Gasteiger partial charge in [0.25, 0.3) is 0 Å². The molecular weight excluding hydrogens is 556 g/mol. The zero-order valence-electron chi connectivity index (χ0n) is 23.9. The van der Waals surface area contributed by atoms with Crippen LogP contribution in [0.2, 0.25) is 0 Å². The van der Waals surface area contributed by atoms with Gasteiger partial charge < -0.3 is 53.0 Å². The molecule has 0 saturated carbocycles. The van der Waals surface area contributed by atoms with Gasteiger partial charge in [0.1, 0.15) is 24.2 Å². The van der Waals surface area contributed by atoms with Crippen molar-refractivity contribution in [2.45, 2.75) is 89.0 Å². The Morgan fingerprint density at radius 2 is 1.50 bits per heavy atom. The molecule has 42 heavy (non-hydrogen) atoms. The van der Waals surface area contributed by atoms with E-state index >= 15 is 0 Å². The molecule has 1 fully saturated rings. The predicted molar refractivity (Wildman–Crippen MR) is 149 cm³/mol. The molecule has 5 atom stereocenters. The van der Waals surface area contributed by atoms with E-state index in [1.165, 1.54) is 0 Å². The van der Waals surface area contributed by atoms with Crippen LogP contribution in [0.3, 0.4) is 0 Å². The highest BCUT2D eigenvalue weighted by Gasteiger charge is 2.32. The molecule has 1 aliphatic rings. The number of nitrogens with one attached hydrogen (secondary N) is 7. The third-order valence-electron chi connectivity index (χ3n) is 6.41. The first-order valence-electron chi connectivity index (χ1n) is 13.8. The summed E-state index contributed by atoms with van der Waals surface area (Å²) in [7, 11) is 0. The number of hydrogen-bond acceptors (Lipinski definition) is 9. The largest absolute Gasteiger partial charge is 0.481 e. The maximum atomic E-state index is 13.3. The molecular formula is C25H44N8O9. The van der Waals surface area contributed by atoms with Crippen molar-refractivity contribution in [3.05, 3.63) is 0 Å². The lowest BCUT2D eigenvalue weighted by atomic mass is 10.0. The minimum Gasteiger partial charge on any atom is -0.481 e. The minimum absolute atomic E-state index is 0.0144. The summed E-state index contributed by atoms with van der Waals surface area (Å²) in [6, 6.07) is -5.83. The molecule has 0 spiro atoms. The van der Waals surface area contributed by atoms with Crippen molar-refractivity contribution >= 4 is 41.5 Å². The second kappa shape index (κ2) is 18.4. The van der Waals surface area contributed by atoms with Crippen molar-refractivity contribution in [2.75, 3.05) is 19.7 Å². The number of aliphatic carboxylic acids is 2. The Labute approximate surface area is 243 Å². The van der Waals surface area contributed by atoms with Crippen molar-refractivity contribution in [1.29, 1.82) is 5.41 Å². The lowest BCUT2D eigenvalue weighted by Crippen LogP contribution is -2.59. The Balaban J connectivity index is 3.04. The zero-order chi connectivity index (χ0) is 31.8. The molecule has 12 N–H and O–H groups in total. The first-order chi connectivity index (χ1) is 19.7. The molecule has 0 aromatic rings. The monoisotopic (exact) mass is 600 g/mol. The van der Waals surface area contributed by atoms with Crippen molar-refractivity contribution < 1.29 is 44.1 Å². The number of nitrogens with two attached hydrogens (primary N) is 1. The maximum Gasteiger partial charge on any atom is 0.326 e. The molecule has 1 aliphatic heterocycles. The lowest BCUT2D eigenvalue weighted by Gasteiger charge is -2.26. The number of carboxylic acid groups (broad SMARTS) is 2. The van der Waals surface area contributed by atoms with Crippen molar-refractivity contribution in [2.24, 2.45) is 11.7 Å². The number of guanidine groups is 1. The van der Waals surface area contributed by atoms with Gasteiger partial charge in [0.15, 0.2) is 5.96 Å². The van der Waals surface area contributed by atoms with E-state index in [2.05, 4.69) is 31.9 Å². The van der Waals surface area contributed by atoms with Gasteiger partial charge in [-0.2, -0.15) is 0 Å². The molecule has 0 bridgehead atoms. The average molecular weight is 601 g/mol. The average Bonchev–Trinajstić information content (AvgIpc) is 3.45. The van der Waals surface area contributed by atoms with E-state index in [1.54, 1.807) is 13.8 Å². The van der Waals surface area contributed by atoms with E-state index in [9.17, 15) is 39.0 Å². The van der Waals surface area contributed by atoms with Crippen LogP contribution >= 0.6 is 0 Å². The molecule has 1 saturated heterocycles. The number of carboxylic acids is 2. The molecule has 0 unspecified atom stereocenters. The SMILES string of the molecule is CC(C)C[C@H](NC(=O)[C@H](CCCNC(=N)N)NC(=O)[C@H](CO)NC(=O)[C@@H]1CCCN1)C(=O)N[C@@H](CCC(=O)O)C(=O)O. The van der Waals surface area contributed by atoms with Crippen LogP contribution in [-0.4, -0.2) is 107 Å². The molecule has 1 rings (SSSR count). The Morgan fingerprint density at radius 3 is 2.02 bits per heavy atom. The molecule has 17 nitrogen and oxygen atoms in total. The summed E-state index contributed by atoms with van der Waals surface area (Å²) in [6.45, 7) is 3.62. The zero-order valence-corrected chi connectivity index (χ0v) is 23.9. The summed E-state index contributed by atoms with van der Waals surface area (Å²) in [6.07, 6.45) is 0.836. The Kier molecular flexibility index (Phi) is 15.8. The molecule has 1 heterocycles. The van der Waals surface area contributed by atoms with Gasteiger partial charge in [-0.3, -0.25) is 29.4 Å². The summed E-state index contributed by atoms with van der Waals surface area (Å²) < 4.78 is 0. The third-order valence-corrected chi connectivity index (χ3v) is 6.41. The molecule has 0 aliphatic carbocycles. The van der Waals surface area contributed by atoms with Gasteiger partial charge in [-0.05, 0) is 51.0 Å². The Bertz CT molecular complexity index is 972. The smallest absolute Gasteiger partial charge is 0.326 e. The number of carbonyl (C=O) groups is 6. The third kappa shape index (κ3) is 13.6. The van der Waals surface area contributed by atoms with Gasteiger partial charge in [-0.25, -0.2) is 4.79 Å². The van der Waals surface area contributed by atoms with E-state index < -0.39 is 78.8 Å². The number of hydrogen-bond donors (Lipinski definition) is 11. The molecule has 0 aromatic carbocycles. The van der Waals surface area contributed by atoms with Crippen molar-refractivity contribution in [3.8, 4) is 0 Å². The number of aliphatic hydroxyl groups excluding tert-OH is 1. The fourth-order valence-corrected chi connectivity index (χ4v) is 4.22. The fraction of sp³-hybridized carbons (Fsp3) is 0.720. The summed E-state index contributed by atoms with van der Waals surface area (Å²) in [5.41, 5.74) is 5.28. The summed E-state index contributed by atoms with van der Waals surface area (Å²) >= 11 is 0. The van der Waals surface area contributed by atoms with Crippen LogP contribution in [0.5, 0.6) is 0 Å². The van der Waals surface area contributed by atoms with Gasteiger partial charge in [-0.15, -0.1) is 0 Å². The number of rotatable bonds is 19. The summed E-state index contributed by atoms with van der Waals surface area (Å²) in [4.78, 5) is 74.2. The first-order valence-corrected chi connectivity index (χ1v) is 13.8. The van der Waals surface area contributed by atoms with Gasteiger partial charge in [0.05, 0.1) is 12.6 Å². The van der Waals surface area contributed by atoms with Gasteiger partial charge >= 0.3 is 11.9 Å². The number of aliphatic hydroxyl groups is 1. The quantitative estimate of drug-likeness (QED) is 0.0400. The van der Waals surface area contributed by atoms with Crippen LogP contribution in [-0.2, 0) is 28.8 Å². The van der Waals surface area contributed by atoms with E-state index in [-0.39, 0.29) is 44.1 Å². The highest BCUT2D eigenvalue weighted by Crippen LogP contribution is 2.09. The molecule has 4 amide bonds. The van der Waals surface area contributed by atoms with Crippen LogP contribution in [0.15, 0.2) is 0 Å². The normalized spacial score (nSPS) is 17.3. The van der Waals surface area contributed by atoms with Gasteiger partial charge in [0, 0.05) is 13.0 Å². The van der Waals surface area contributed by atoms with E-state index in [0.717, 1.165) is 6.42 Å². The van der Waals surface area contributed by atoms with E-state index in [0.29, 0.717) is 13.0 Å². The number of amides is 4. The van der Waals surface area contributed by atoms with Crippen LogP contribution < -0.4 is 37.6 Å². The van der Waals surface area contributed by atoms with Crippen molar-refractivity contribution in [1.82, 2.24) is 31.9 Å². The van der Waals surface area contributed by atoms with Crippen LogP contribution in [0, 0.1) is 11.3 Å². The second-order valence-electron chi connectivity index (χ2n) is 10.5. The topological polar surface area (TPSA) is 285 Å². The number of carbonyl (C=O) groups excluding carboxylic acids is 4. The highest BCUT2D eigenvalue weighted by molar-refractivity contribution is 5.95. The van der Waals surface area contributed by atoms with E-state index in [1.807, 2.05) is 0 Å². The molecule has 238 valence electrons. The fourth-order valence-electron chi connectivity index (χ4n) is 4.22. The molecule has 0 aromatic heterocycles. The standard InChI is InChI=1S/C25H44N8O9/c1-13(2)11-17(22(39)31-16(24(41)42)7-8-19(35)36)32-21(38)15(6-4-10-29-25(26)27)30-23(40)18(12-34)33-20(37)14-5-3-9-28-14/h13-18,28,34H,3-12H2,1-2H3,(H,30,40)(H,31,39)(H,32,38)(H,33,37)(H,35,36)(H,41,42)(H4,26,27,29)/t14-,15-,16-,17-,18-/m0/s1. The lowest BCUT2D eigenvalue weighted by molar-refractivity contribution is -0.143. The summed E-state index contributed by atoms with van der Waals surface area (Å²) in [5.74, 6) is -6.05. The second-order valence-corrected chi connectivity index (χ2v) is 10.5. The predicted octanol–water partition coefficient (Wildman–Crippen LogP) is -3.07. The maximum absolute atomic E-state index is 13.3. The summed E-state index contributed by atoms with van der Waals surface area (Å²) in [5, 5.41) is 50.6. The Morgan fingerprint density at radius 1 is 0.905 bits per heavy atom. The molecule has 0 radical (unpaired) electrons. The van der Waals surface area contributed by atoms with E-state index in [4.69, 9.17) is 16.2 Å². The first kappa shape index (κ1) is 36.0. The highest BCUT2D eigenvalue weighted by atomic mass is 16.4. The van der Waals surface area contributed by atoms with Gasteiger partial charge in [-0.1, -0.05) is 13.8 Å².